The molecule has 2 aromatic heterocycles. The summed E-state index contributed by atoms with van der Waals surface area (Å²) in [5.41, 5.74) is 8.39. The molecule has 1 fully saturated rings. The Balaban J connectivity index is 0.00000140. The highest BCUT2D eigenvalue weighted by molar-refractivity contribution is 5.94. The molecule has 0 spiro atoms. The van der Waals surface area contributed by atoms with Gasteiger partial charge in [-0.3, -0.25) is 9.78 Å². The van der Waals surface area contributed by atoms with E-state index < -0.39 is 0 Å². The molecule has 2 heterocycles. The summed E-state index contributed by atoms with van der Waals surface area (Å²) < 4.78 is 1.70. The van der Waals surface area contributed by atoms with E-state index in [1.165, 1.54) is 0 Å². The first-order chi connectivity index (χ1) is 12.6. The van der Waals surface area contributed by atoms with Gasteiger partial charge in [0.1, 0.15) is 0 Å². The maximum absolute atomic E-state index is 12.8. The van der Waals surface area contributed by atoms with E-state index in [9.17, 15) is 4.79 Å². The number of pyridine rings is 1. The molecule has 1 aromatic carbocycles. The van der Waals surface area contributed by atoms with E-state index in [0.717, 1.165) is 42.3 Å². The van der Waals surface area contributed by atoms with Crippen LogP contribution < -0.4 is 11.1 Å². The minimum Gasteiger partial charge on any atom is -0.344 e. The van der Waals surface area contributed by atoms with Gasteiger partial charge in [-0.15, -0.1) is 29.9 Å². The van der Waals surface area contributed by atoms with Crippen molar-refractivity contribution < 1.29 is 4.79 Å². The van der Waals surface area contributed by atoms with Gasteiger partial charge in [0, 0.05) is 18.1 Å². The van der Waals surface area contributed by atoms with Crippen molar-refractivity contribution in [1.29, 1.82) is 0 Å². The lowest BCUT2D eigenvalue weighted by atomic mass is 9.97. The Labute approximate surface area is 175 Å². The Morgan fingerprint density at radius 3 is 2.68 bits per heavy atom. The van der Waals surface area contributed by atoms with Crippen LogP contribution in [0.2, 0.25) is 0 Å². The van der Waals surface area contributed by atoms with Crippen molar-refractivity contribution in [2.75, 3.05) is 6.54 Å². The molecule has 150 valence electrons. The highest BCUT2D eigenvalue weighted by atomic mass is 35.5. The van der Waals surface area contributed by atoms with Gasteiger partial charge in [-0.05, 0) is 44.0 Å². The van der Waals surface area contributed by atoms with E-state index in [4.69, 9.17) is 5.73 Å². The smallest absolute Gasteiger partial charge is 0.274 e. The molecule has 0 saturated heterocycles. The summed E-state index contributed by atoms with van der Waals surface area (Å²) in [4.78, 5) is 17.2. The zero-order chi connectivity index (χ0) is 18.1. The number of fused-ring (bicyclic) bond motifs is 1. The first-order valence-corrected chi connectivity index (χ1v) is 8.93. The normalized spacial score (nSPS) is 14.9. The number of hydrogen-bond donors (Lipinski definition) is 2. The molecule has 1 saturated carbocycles. The Morgan fingerprint density at radius 1 is 1.21 bits per heavy atom. The van der Waals surface area contributed by atoms with Crippen LogP contribution in [0.25, 0.3) is 16.6 Å². The largest absolute Gasteiger partial charge is 0.344 e. The number of aromatic nitrogens is 4. The highest BCUT2D eigenvalue weighted by Gasteiger charge is 2.35. The SMILES string of the molecule is Cc1c(C(=O)NC2(CN)CCCC2)nnn1-c1cccc2ncccc12.Cl.Cl. The van der Waals surface area contributed by atoms with Crippen molar-refractivity contribution >= 4 is 41.6 Å². The first kappa shape index (κ1) is 22.1. The van der Waals surface area contributed by atoms with E-state index in [1.54, 1.807) is 10.9 Å². The van der Waals surface area contributed by atoms with Gasteiger partial charge >= 0.3 is 0 Å². The van der Waals surface area contributed by atoms with Gasteiger partial charge in [0.2, 0.25) is 0 Å². The van der Waals surface area contributed by atoms with E-state index in [0.29, 0.717) is 17.9 Å². The number of nitrogens with one attached hydrogen (secondary N) is 1. The van der Waals surface area contributed by atoms with Crippen LogP contribution in [0.3, 0.4) is 0 Å². The van der Waals surface area contributed by atoms with Gasteiger partial charge in [0.15, 0.2) is 5.69 Å². The van der Waals surface area contributed by atoms with Crippen molar-refractivity contribution in [2.24, 2.45) is 5.73 Å². The lowest BCUT2D eigenvalue weighted by Crippen LogP contribution is -2.51. The minimum absolute atomic E-state index is 0. The Kier molecular flexibility index (Phi) is 6.98. The maximum Gasteiger partial charge on any atom is 0.274 e. The first-order valence-electron chi connectivity index (χ1n) is 8.93. The fourth-order valence-electron chi connectivity index (χ4n) is 3.77. The summed E-state index contributed by atoms with van der Waals surface area (Å²) in [7, 11) is 0. The fraction of sp³-hybridized carbons (Fsp3) is 0.368. The van der Waals surface area contributed by atoms with E-state index in [1.807, 2.05) is 37.3 Å². The monoisotopic (exact) mass is 422 g/mol. The van der Waals surface area contributed by atoms with Crippen molar-refractivity contribution in [3.63, 3.8) is 0 Å². The Hall–Kier alpha value is -2.22. The quantitative estimate of drug-likeness (QED) is 0.672. The minimum atomic E-state index is -0.309. The molecule has 3 N–H and O–H groups in total. The number of amides is 1. The number of halogens is 2. The van der Waals surface area contributed by atoms with Crippen molar-refractivity contribution in [3.8, 4) is 5.69 Å². The molecule has 1 aliphatic rings. The summed E-state index contributed by atoms with van der Waals surface area (Å²) >= 11 is 0. The number of hydrogen-bond acceptors (Lipinski definition) is 5. The lowest BCUT2D eigenvalue weighted by molar-refractivity contribution is 0.0897. The number of nitrogens with zero attached hydrogens (tertiary/aromatic N) is 4. The van der Waals surface area contributed by atoms with Crippen LogP contribution in [0.5, 0.6) is 0 Å². The van der Waals surface area contributed by atoms with Crippen molar-refractivity contribution in [1.82, 2.24) is 25.3 Å². The molecule has 9 heteroatoms. The summed E-state index contributed by atoms with van der Waals surface area (Å²) in [5, 5.41) is 12.4. The average Bonchev–Trinajstić information content (AvgIpc) is 3.28. The molecule has 7 nitrogen and oxygen atoms in total. The molecule has 3 aromatic rings. The second kappa shape index (κ2) is 8.86. The van der Waals surface area contributed by atoms with Crippen LogP contribution in [0.15, 0.2) is 36.5 Å². The molecule has 28 heavy (non-hydrogen) atoms. The number of carbonyl (C=O) groups excluding carboxylic acids is 1. The van der Waals surface area contributed by atoms with Crippen LogP contribution in [-0.2, 0) is 0 Å². The summed E-state index contributed by atoms with van der Waals surface area (Å²) in [6, 6.07) is 9.69. The van der Waals surface area contributed by atoms with Gasteiger partial charge in [-0.2, -0.15) is 0 Å². The third-order valence-corrected chi connectivity index (χ3v) is 5.29. The zero-order valence-electron chi connectivity index (χ0n) is 15.6. The second-order valence-electron chi connectivity index (χ2n) is 6.93. The third kappa shape index (κ3) is 3.83. The summed E-state index contributed by atoms with van der Waals surface area (Å²) in [6.45, 7) is 2.30. The maximum atomic E-state index is 12.8. The van der Waals surface area contributed by atoms with Crippen LogP contribution in [-0.4, -0.2) is 38.0 Å². The van der Waals surface area contributed by atoms with Crippen LogP contribution in [0.4, 0.5) is 0 Å². The molecule has 0 atom stereocenters. The molecule has 1 aliphatic carbocycles. The predicted molar refractivity (Wildman–Crippen MR) is 114 cm³/mol. The van der Waals surface area contributed by atoms with E-state index in [2.05, 4.69) is 20.6 Å². The van der Waals surface area contributed by atoms with Crippen molar-refractivity contribution in [3.05, 3.63) is 47.9 Å². The van der Waals surface area contributed by atoms with Crippen LogP contribution >= 0.6 is 24.8 Å². The predicted octanol–water partition coefficient (Wildman–Crippen LogP) is 2.97. The molecule has 1 amide bonds. The van der Waals surface area contributed by atoms with Crippen molar-refractivity contribution in [2.45, 2.75) is 38.1 Å². The number of carbonyl (C=O) groups is 1. The number of nitrogens with two attached hydrogens (primary N) is 1. The third-order valence-electron chi connectivity index (χ3n) is 5.29. The molecule has 0 aliphatic heterocycles. The van der Waals surface area contributed by atoms with E-state index in [-0.39, 0.29) is 36.3 Å². The fourth-order valence-corrected chi connectivity index (χ4v) is 3.77. The zero-order valence-corrected chi connectivity index (χ0v) is 17.2. The number of rotatable bonds is 4. The van der Waals surface area contributed by atoms with Gasteiger partial charge in [-0.25, -0.2) is 4.68 Å². The molecule has 4 rings (SSSR count). The van der Waals surface area contributed by atoms with Gasteiger partial charge in [-0.1, -0.05) is 24.1 Å². The topological polar surface area (TPSA) is 98.7 Å². The Morgan fingerprint density at radius 2 is 1.96 bits per heavy atom. The second-order valence-corrected chi connectivity index (χ2v) is 6.93. The van der Waals surface area contributed by atoms with Crippen LogP contribution in [0, 0.1) is 6.92 Å². The molecular weight excluding hydrogens is 399 g/mol. The molecule has 0 bridgehead atoms. The lowest BCUT2D eigenvalue weighted by Gasteiger charge is -2.28. The Bertz CT molecular complexity index is 963. The van der Waals surface area contributed by atoms with Gasteiger partial charge < -0.3 is 11.1 Å². The summed E-state index contributed by atoms with van der Waals surface area (Å²) in [5.74, 6) is -0.209. The van der Waals surface area contributed by atoms with E-state index >= 15 is 0 Å². The van der Waals surface area contributed by atoms with Crippen LogP contribution in [0.1, 0.15) is 41.9 Å². The molecule has 0 radical (unpaired) electrons. The molecule has 0 unspecified atom stereocenters. The van der Waals surface area contributed by atoms with Gasteiger partial charge in [0.25, 0.3) is 5.91 Å². The number of benzene rings is 1. The molecular formula is C19H24Cl2N6O. The standard InChI is InChI=1S/C19H22N6O.2ClH/c1-13-17(18(26)22-19(12-20)9-2-3-10-19)23-24-25(13)16-8-4-7-15-14(16)6-5-11-21-15;;/h4-8,11H,2-3,9-10,12,20H2,1H3,(H,22,26);2*1H. The average molecular weight is 423 g/mol. The highest BCUT2D eigenvalue weighted by Crippen LogP contribution is 2.29. The van der Waals surface area contributed by atoms with Gasteiger partial charge in [0.05, 0.1) is 22.4 Å². The summed E-state index contributed by atoms with van der Waals surface area (Å²) in [6.07, 6.45) is 5.76.